The summed E-state index contributed by atoms with van der Waals surface area (Å²) in [5.74, 6) is 2.23. The molecule has 1 aromatic heterocycles. The van der Waals surface area contributed by atoms with Gasteiger partial charge >= 0.3 is 0 Å². The summed E-state index contributed by atoms with van der Waals surface area (Å²) in [6.45, 7) is 5.11. The van der Waals surface area contributed by atoms with E-state index >= 15 is 0 Å². The minimum atomic E-state index is 0.505. The lowest BCUT2D eigenvalue weighted by Crippen LogP contribution is -2.37. The van der Waals surface area contributed by atoms with Crippen molar-refractivity contribution in [2.24, 2.45) is 4.99 Å². The lowest BCUT2D eigenvalue weighted by Gasteiger charge is -2.10. The summed E-state index contributed by atoms with van der Waals surface area (Å²) >= 11 is 5.97. The first-order chi connectivity index (χ1) is 10.6. The number of benzene rings is 1. The molecule has 0 atom stereocenters. The molecular weight excluding hydrogens is 300 g/mol. The highest BCUT2D eigenvalue weighted by Gasteiger charge is 2.06. The molecule has 0 fully saturated rings. The highest BCUT2D eigenvalue weighted by Crippen LogP contribution is 2.10. The van der Waals surface area contributed by atoms with E-state index in [1.165, 1.54) is 5.56 Å². The first-order valence-corrected chi connectivity index (χ1v) is 7.58. The van der Waals surface area contributed by atoms with Crippen LogP contribution >= 0.6 is 11.6 Å². The number of hydrogen-bond acceptors (Lipinski definition) is 3. The normalized spacial score (nSPS) is 11.5. The first-order valence-electron chi connectivity index (χ1n) is 7.20. The van der Waals surface area contributed by atoms with Gasteiger partial charge in [-0.25, -0.2) is 4.98 Å². The van der Waals surface area contributed by atoms with Gasteiger partial charge < -0.3 is 15.1 Å². The number of aliphatic imine (C=N–C) groups is 1. The van der Waals surface area contributed by atoms with Crippen molar-refractivity contribution in [2.45, 2.75) is 26.8 Å². The summed E-state index contributed by atoms with van der Waals surface area (Å²) in [5.41, 5.74) is 2.11. The fourth-order valence-electron chi connectivity index (χ4n) is 2.01. The van der Waals surface area contributed by atoms with E-state index < -0.39 is 0 Å². The van der Waals surface area contributed by atoms with E-state index in [4.69, 9.17) is 16.0 Å². The summed E-state index contributed by atoms with van der Waals surface area (Å²) in [6, 6.07) is 7.86. The minimum Gasteiger partial charge on any atom is -0.444 e. The summed E-state index contributed by atoms with van der Waals surface area (Å²) in [5, 5.41) is 7.19. The molecule has 2 aromatic rings. The van der Waals surface area contributed by atoms with Crippen LogP contribution in [0.5, 0.6) is 0 Å². The van der Waals surface area contributed by atoms with Crippen LogP contribution in [0.1, 0.15) is 22.9 Å². The van der Waals surface area contributed by atoms with Crippen LogP contribution < -0.4 is 10.6 Å². The second-order valence-electron chi connectivity index (χ2n) is 4.98. The Morgan fingerprint density at radius 1 is 1.32 bits per heavy atom. The highest BCUT2D eigenvalue weighted by atomic mass is 35.5. The number of nitrogens with zero attached hydrogens (tertiary/aromatic N) is 2. The van der Waals surface area contributed by atoms with E-state index in [0.717, 1.165) is 35.4 Å². The van der Waals surface area contributed by atoms with Gasteiger partial charge in [0.2, 0.25) is 5.89 Å². The van der Waals surface area contributed by atoms with E-state index in [9.17, 15) is 0 Å². The van der Waals surface area contributed by atoms with Crippen LogP contribution in [0, 0.1) is 13.8 Å². The Labute approximate surface area is 135 Å². The zero-order valence-electron chi connectivity index (χ0n) is 13.1. The Morgan fingerprint density at radius 3 is 2.77 bits per heavy atom. The average Bonchev–Trinajstić information content (AvgIpc) is 2.81. The third-order valence-corrected chi connectivity index (χ3v) is 3.53. The number of guanidine groups is 1. The third kappa shape index (κ3) is 4.77. The highest BCUT2D eigenvalue weighted by molar-refractivity contribution is 6.30. The number of halogens is 1. The molecule has 2 N–H and O–H groups in total. The molecule has 0 saturated carbocycles. The van der Waals surface area contributed by atoms with Crippen LogP contribution in [-0.4, -0.2) is 24.5 Å². The molecule has 118 valence electrons. The Balaban J connectivity index is 1.78. The SMILES string of the molecule is CN=C(NCCc1cccc(Cl)c1)NCc1nc(C)c(C)o1. The molecule has 0 spiro atoms. The summed E-state index contributed by atoms with van der Waals surface area (Å²) < 4.78 is 5.53. The smallest absolute Gasteiger partial charge is 0.214 e. The maximum atomic E-state index is 5.97. The molecule has 0 unspecified atom stereocenters. The lowest BCUT2D eigenvalue weighted by atomic mass is 10.1. The maximum Gasteiger partial charge on any atom is 0.214 e. The Morgan fingerprint density at radius 2 is 2.14 bits per heavy atom. The number of oxazole rings is 1. The van der Waals surface area contributed by atoms with Gasteiger partial charge in [0, 0.05) is 18.6 Å². The number of rotatable bonds is 5. The predicted molar refractivity (Wildman–Crippen MR) is 89.3 cm³/mol. The van der Waals surface area contributed by atoms with E-state index in [0.29, 0.717) is 12.4 Å². The van der Waals surface area contributed by atoms with Gasteiger partial charge in [-0.2, -0.15) is 0 Å². The zero-order valence-corrected chi connectivity index (χ0v) is 13.9. The molecule has 0 amide bonds. The Bertz CT molecular complexity index is 632. The molecule has 0 bridgehead atoms. The second-order valence-corrected chi connectivity index (χ2v) is 5.42. The molecule has 1 aromatic carbocycles. The molecule has 5 nitrogen and oxygen atoms in total. The van der Waals surface area contributed by atoms with Crippen LogP contribution in [0.4, 0.5) is 0 Å². The van der Waals surface area contributed by atoms with Gasteiger partial charge in [-0.15, -0.1) is 0 Å². The average molecular weight is 321 g/mol. The Hall–Kier alpha value is -2.01. The van der Waals surface area contributed by atoms with Crippen molar-refractivity contribution in [1.82, 2.24) is 15.6 Å². The molecule has 0 radical (unpaired) electrons. The van der Waals surface area contributed by atoms with Crippen LogP contribution in [-0.2, 0) is 13.0 Å². The van der Waals surface area contributed by atoms with Crippen molar-refractivity contribution in [2.75, 3.05) is 13.6 Å². The van der Waals surface area contributed by atoms with Gasteiger partial charge in [-0.05, 0) is 38.0 Å². The molecule has 0 saturated heterocycles. The van der Waals surface area contributed by atoms with Crippen molar-refractivity contribution >= 4 is 17.6 Å². The van der Waals surface area contributed by atoms with Gasteiger partial charge in [-0.1, -0.05) is 23.7 Å². The van der Waals surface area contributed by atoms with Gasteiger partial charge in [-0.3, -0.25) is 4.99 Å². The van der Waals surface area contributed by atoms with Crippen molar-refractivity contribution in [3.8, 4) is 0 Å². The Kier molecular flexibility index (Phi) is 5.83. The van der Waals surface area contributed by atoms with Gasteiger partial charge in [0.1, 0.15) is 5.76 Å². The van der Waals surface area contributed by atoms with Crippen LogP contribution in [0.2, 0.25) is 5.02 Å². The molecule has 0 aliphatic heterocycles. The molecule has 0 aliphatic carbocycles. The topological polar surface area (TPSA) is 62.5 Å². The first kappa shape index (κ1) is 16.4. The number of aryl methyl sites for hydroxylation is 2. The fraction of sp³-hybridized carbons (Fsp3) is 0.375. The largest absolute Gasteiger partial charge is 0.444 e. The molecular formula is C16H21ClN4O. The van der Waals surface area contributed by atoms with E-state index in [1.807, 2.05) is 32.0 Å². The van der Waals surface area contributed by atoms with E-state index in [1.54, 1.807) is 7.05 Å². The van der Waals surface area contributed by atoms with Crippen molar-refractivity contribution in [3.05, 3.63) is 52.2 Å². The molecule has 6 heteroatoms. The van der Waals surface area contributed by atoms with Gasteiger partial charge in [0.05, 0.1) is 12.2 Å². The summed E-state index contributed by atoms with van der Waals surface area (Å²) in [4.78, 5) is 8.51. The third-order valence-electron chi connectivity index (χ3n) is 3.30. The van der Waals surface area contributed by atoms with Crippen molar-refractivity contribution in [3.63, 3.8) is 0 Å². The standard InChI is InChI=1S/C16H21ClN4O/c1-11-12(2)22-15(21-11)10-20-16(18-3)19-8-7-13-5-4-6-14(17)9-13/h4-6,9H,7-8,10H2,1-3H3,(H2,18,19,20). The summed E-state index contributed by atoms with van der Waals surface area (Å²) in [6.07, 6.45) is 0.873. The van der Waals surface area contributed by atoms with Gasteiger partial charge in [0.15, 0.2) is 5.96 Å². The van der Waals surface area contributed by atoms with Crippen molar-refractivity contribution in [1.29, 1.82) is 0 Å². The monoisotopic (exact) mass is 320 g/mol. The van der Waals surface area contributed by atoms with E-state index in [2.05, 4.69) is 26.7 Å². The van der Waals surface area contributed by atoms with Gasteiger partial charge in [0.25, 0.3) is 0 Å². The predicted octanol–water partition coefficient (Wildman–Crippen LogP) is 2.85. The fourth-order valence-corrected chi connectivity index (χ4v) is 2.23. The number of hydrogen-bond donors (Lipinski definition) is 2. The number of aromatic nitrogens is 1. The quantitative estimate of drug-likeness (QED) is 0.657. The zero-order chi connectivity index (χ0) is 15.9. The van der Waals surface area contributed by atoms with E-state index in [-0.39, 0.29) is 0 Å². The number of nitrogens with one attached hydrogen (secondary N) is 2. The van der Waals surface area contributed by atoms with Crippen LogP contribution in [0.25, 0.3) is 0 Å². The minimum absolute atomic E-state index is 0.505. The van der Waals surface area contributed by atoms with Crippen molar-refractivity contribution < 1.29 is 4.42 Å². The van der Waals surface area contributed by atoms with Crippen LogP contribution in [0.3, 0.4) is 0 Å². The maximum absolute atomic E-state index is 5.97. The molecule has 1 heterocycles. The second kappa shape index (κ2) is 7.84. The summed E-state index contributed by atoms with van der Waals surface area (Å²) in [7, 11) is 1.74. The molecule has 22 heavy (non-hydrogen) atoms. The molecule has 0 aliphatic rings. The van der Waals surface area contributed by atoms with Crippen LogP contribution in [0.15, 0.2) is 33.7 Å². The lowest BCUT2D eigenvalue weighted by molar-refractivity contribution is 0.464. The molecule has 2 rings (SSSR count).